The van der Waals surface area contributed by atoms with Crippen molar-refractivity contribution in [2.24, 2.45) is 5.10 Å². The lowest BCUT2D eigenvalue weighted by Gasteiger charge is -2.06. The van der Waals surface area contributed by atoms with Crippen molar-refractivity contribution in [1.29, 1.82) is 0 Å². The molecule has 0 spiro atoms. The Kier molecular flexibility index (Phi) is 5.66. The first-order valence-corrected chi connectivity index (χ1v) is 9.37. The number of rotatable bonds is 4. The molecule has 0 fully saturated rings. The molecule has 0 radical (unpaired) electrons. The van der Waals surface area contributed by atoms with Crippen LogP contribution in [0.25, 0.3) is 10.8 Å². The summed E-state index contributed by atoms with van der Waals surface area (Å²) in [7, 11) is 0. The number of halogens is 2. The quantitative estimate of drug-likeness (QED) is 0.413. The van der Waals surface area contributed by atoms with Gasteiger partial charge in [-0.2, -0.15) is 5.10 Å². The number of hydrogen-bond acceptors (Lipinski definition) is 2. The fraction of sp³-hybridized carbons (Fsp3) is 0.100. The fourth-order valence-electron chi connectivity index (χ4n) is 2.58. The Bertz CT molecular complexity index is 939. The van der Waals surface area contributed by atoms with Gasteiger partial charge in [-0.3, -0.25) is 4.79 Å². The lowest BCUT2D eigenvalue weighted by Crippen LogP contribution is -2.19. The third-order valence-corrected chi connectivity index (χ3v) is 5.58. The van der Waals surface area contributed by atoms with Gasteiger partial charge in [0.2, 0.25) is 5.91 Å². The molecule has 0 aliphatic heterocycles. The van der Waals surface area contributed by atoms with E-state index >= 15 is 0 Å². The lowest BCUT2D eigenvalue weighted by atomic mass is 10.0. The van der Waals surface area contributed by atoms with Gasteiger partial charge in [-0.25, -0.2) is 5.43 Å². The van der Waals surface area contributed by atoms with Crippen LogP contribution >= 0.6 is 31.9 Å². The van der Waals surface area contributed by atoms with Crippen LogP contribution in [0.15, 0.2) is 68.6 Å². The maximum absolute atomic E-state index is 12.2. The number of nitrogens with zero attached hydrogens (tertiary/aromatic N) is 1. The van der Waals surface area contributed by atoms with Gasteiger partial charge in [-0.1, -0.05) is 74.3 Å². The first-order chi connectivity index (χ1) is 12.0. The van der Waals surface area contributed by atoms with Crippen LogP contribution in [-0.2, 0) is 11.2 Å². The van der Waals surface area contributed by atoms with Gasteiger partial charge in [0, 0.05) is 8.95 Å². The number of amides is 1. The minimum Gasteiger partial charge on any atom is -0.273 e. The summed E-state index contributed by atoms with van der Waals surface area (Å²) in [5.74, 6) is -0.141. The highest BCUT2D eigenvalue weighted by molar-refractivity contribution is 9.11. The fourth-order valence-corrected chi connectivity index (χ4v) is 3.80. The Morgan fingerprint density at radius 3 is 2.52 bits per heavy atom. The summed E-state index contributed by atoms with van der Waals surface area (Å²) in [6.07, 6.45) is 1.93. The van der Waals surface area contributed by atoms with E-state index in [0.29, 0.717) is 6.42 Å². The molecule has 0 aliphatic carbocycles. The number of benzene rings is 3. The molecule has 0 bridgehead atoms. The molecule has 1 N–H and O–H groups in total. The average molecular weight is 460 g/mol. The van der Waals surface area contributed by atoms with Crippen molar-refractivity contribution in [2.75, 3.05) is 0 Å². The van der Waals surface area contributed by atoms with Crippen LogP contribution in [0.3, 0.4) is 0 Å². The van der Waals surface area contributed by atoms with E-state index in [1.54, 1.807) is 6.21 Å². The first kappa shape index (κ1) is 17.8. The second kappa shape index (κ2) is 7.93. The highest BCUT2D eigenvalue weighted by Gasteiger charge is 2.06. The summed E-state index contributed by atoms with van der Waals surface area (Å²) in [4.78, 5) is 12.2. The molecular weight excluding hydrogens is 444 g/mol. The Balaban J connectivity index is 1.69. The second-order valence-corrected chi connectivity index (χ2v) is 7.43. The number of carbonyl (C=O) groups is 1. The van der Waals surface area contributed by atoms with E-state index in [1.165, 1.54) is 0 Å². The Morgan fingerprint density at radius 1 is 1.08 bits per heavy atom. The van der Waals surface area contributed by atoms with Crippen molar-refractivity contribution in [3.8, 4) is 0 Å². The molecule has 126 valence electrons. The van der Waals surface area contributed by atoms with Crippen molar-refractivity contribution < 1.29 is 4.79 Å². The molecule has 0 saturated carbocycles. The van der Waals surface area contributed by atoms with Crippen molar-refractivity contribution in [2.45, 2.75) is 13.3 Å². The summed E-state index contributed by atoms with van der Waals surface area (Å²) < 4.78 is 1.98. The van der Waals surface area contributed by atoms with Gasteiger partial charge in [0.1, 0.15) is 0 Å². The van der Waals surface area contributed by atoms with E-state index in [2.05, 4.69) is 42.4 Å². The van der Waals surface area contributed by atoms with Crippen molar-refractivity contribution in [1.82, 2.24) is 5.43 Å². The largest absolute Gasteiger partial charge is 0.273 e. The van der Waals surface area contributed by atoms with Gasteiger partial charge < -0.3 is 0 Å². The number of carbonyl (C=O) groups excluding carboxylic acids is 1. The van der Waals surface area contributed by atoms with E-state index in [-0.39, 0.29) is 5.91 Å². The van der Waals surface area contributed by atoms with Crippen LogP contribution in [0.2, 0.25) is 0 Å². The predicted molar refractivity (Wildman–Crippen MR) is 110 cm³/mol. The molecule has 3 rings (SSSR count). The SMILES string of the molecule is Cc1c(Br)cc(/C=N\NC(=O)Cc2cccc3ccccc23)cc1Br. The monoisotopic (exact) mass is 458 g/mol. The van der Waals surface area contributed by atoms with Crippen molar-refractivity contribution in [3.63, 3.8) is 0 Å². The predicted octanol–water partition coefficient (Wildman–Crippen LogP) is 5.37. The van der Waals surface area contributed by atoms with Gasteiger partial charge in [-0.05, 0) is 46.5 Å². The van der Waals surface area contributed by atoms with Gasteiger partial charge in [0.25, 0.3) is 0 Å². The molecule has 0 aliphatic rings. The van der Waals surface area contributed by atoms with Crippen molar-refractivity contribution in [3.05, 3.63) is 80.2 Å². The molecule has 0 heterocycles. The summed E-state index contributed by atoms with van der Waals surface area (Å²) >= 11 is 7.01. The number of hydrogen-bond donors (Lipinski definition) is 1. The van der Waals surface area contributed by atoms with E-state index in [4.69, 9.17) is 0 Å². The molecule has 25 heavy (non-hydrogen) atoms. The molecule has 0 saturated heterocycles. The first-order valence-electron chi connectivity index (χ1n) is 7.79. The molecule has 3 aromatic rings. The highest BCUT2D eigenvalue weighted by Crippen LogP contribution is 2.25. The normalized spacial score (nSPS) is 11.2. The zero-order valence-corrected chi connectivity index (χ0v) is 16.8. The van der Waals surface area contributed by atoms with E-state index in [1.807, 2.05) is 61.5 Å². The molecule has 0 unspecified atom stereocenters. The van der Waals surface area contributed by atoms with Crippen molar-refractivity contribution >= 4 is 54.8 Å². The summed E-state index contributed by atoms with van der Waals surface area (Å²) in [5.41, 5.74) is 5.61. The van der Waals surface area contributed by atoms with Crippen LogP contribution in [0, 0.1) is 6.92 Å². The maximum Gasteiger partial charge on any atom is 0.244 e. The lowest BCUT2D eigenvalue weighted by molar-refractivity contribution is -0.120. The summed E-state index contributed by atoms with van der Waals surface area (Å²) in [6, 6.07) is 18.0. The summed E-state index contributed by atoms with van der Waals surface area (Å²) in [5, 5.41) is 6.29. The number of hydrazone groups is 1. The molecule has 3 aromatic carbocycles. The third kappa shape index (κ3) is 4.35. The Morgan fingerprint density at radius 2 is 1.76 bits per heavy atom. The van der Waals surface area contributed by atoms with Gasteiger partial charge >= 0.3 is 0 Å². The second-order valence-electron chi connectivity index (χ2n) is 5.72. The third-order valence-electron chi connectivity index (χ3n) is 3.94. The van der Waals surface area contributed by atoms with Crippen LogP contribution in [0.1, 0.15) is 16.7 Å². The molecule has 3 nitrogen and oxygen atoms in total. The van der Waals surface area contributed by atoms with Crippen LogP contribution in [0.5, 0.6) is 0 Å². The van der Waals surface area contributed by atoms with E-state index in [0.717, 1.165) is 36.4 Å². The van der Waals surface area contributed by atoms with Gasteiger partial charge in [0.05, 0.1) is 12.6 Å². The van der Waals surface area contributed by atoms with Crippen LogP contribution in [-0.4, -0.2) is 12.1 Å². The maximum atomic E-state index is 12.2. The smallest absolute Gasteiger partial charge is 0.244 e. The Hall–Kier alpha value is -1.98. The molecule has 0 atom stereocenters. The van der Waals surface area contributed by atoms with E-state index < -0.39 is 0 Å². The summed E-state index contributed by atoms with van der Waals surface area (Å²) in [6.45, 7) is 2.01. The average Bonchev–Trinajstić information content (AvgIpc) is 2.60. The highest BCUT2D eigenvalue weighted by atomic mass is 79.9. The zero-order chi connectivity index (χ0) is 17.8. The molecule has 5 heteroatoms. The van der Waals surface area contributed by atoms with Crippen LogP contribution < -0.4 is 5.43 Å². The molecular formula is C20H16Br2N2O. The van der Waals surface area contributed by atoms with Crippen LogP contribution in [0.4, 0.5) is 0 Å². The van der Waals surface area contributed by atoms with Gasteiger partial charge in [-0.15, -0.1) is 0 Å². The minimum absolute atomic E-state index is 0.141. The Labute approximate surface area is 163 Å². The minimum atomic E-state index is -0.141. The van der Waals surface area contributed by atoms with E-state index in [9.17, 15) is 4.79 Å². The standard InChI is InChI=1S/C20H16Br2N2O/c1-13-18(21)9-14(10-19(13)22)12-23-24-20(25)11-16-7-4-6-15-5-2-3-8-17(15)16/h2-10,12H,11H2,1H3,(H,24,25)/b23-12-. The van der Waals surface area contributed by atoms with Gasteiger partial charge in [0.15, 0.2) is 0 Å². The number of fused-ring (bicyclic) bond motifs is 1. The number of nitrogens with one attached hydrogen (secondary N) is 1. The zero-order valence-electron chi connectivity index (χ0n) is 13.6. The topological polar surface area (TPSA) is 41.5 Å². The molecule has 1 amide bonds. The molecule has 0 aromatic heterocycles.